The number of carbonyl (C=O) groups is 1. The summed E-state index contributed by atoms with van der Waals surface area (Å²) in [5.41, 5.74) is 5.24. The van der Waals surface area contributed by atoms with Gasteiger partial charge in [0.25, 0.3) is 11.6 Å². The van der Waals surface area contributed by atoms with Crippen molar-refractivity contribution in [3.05, 3.63) is 39.7 Å². The van der Waals surface area contributed by atoms with Gasteiger partial charge >= 0.3 is 0 Å². The van der Waals surface area contributed by atoms with E-state index in [-0.39, 0.29) is 29.7 Å². The first-order valence-electron chi connectivity index (χ1n) is 5.98. The Labute approximate surface area is 121 Å². The molecule has 1 saturated heterocycles. The van der Waals surface area contributed by atoms with E-state index in [4.69, 9.17) is 5.73 Å². The molecule has 1 aliphatic heterocycles. The minimum Gasteiger partial charge on any atom is -0.337 e. The van der Waals surface area contributed by atoms with E-state index in [1.165, 1.54) is 4.90 Å². The fraction of sp³-hybridized carbons (Fsp3) is 0.417. The lowest BCUT2D eigenvalue weighted by molar-refractivity contribution is -0.385. The molecule has 0 spiro atoms. The number of nitro benzene ring substituents is 1. The Balaban J connectivity index is 0.00000200. The maximum Gasteiger partial charge on any atom is 0.272 e. The van der Waals surface area contributed by atoms with Crippen molar-refractivity contribution < 1.29 is 14.1 Å². The molecule has 2 N–H and O–H groups in total. The smallest absolute Gasteiger partial charge is 0.272 e. The summed E-state index contributed by atoms with van der Waals surface area (Å²) in [4.78, 5) is 23.4. The number of non-ortho nitro benzene ring substituents is 1. The lowest BCUT2D eigenvalue weighted by Crippen LogP contribution is -2.45. The summed E-state index contributed by atoms with van der Waals surface area (Å²) < 4.78 is 13.7. The van der Waals surface area contributed by atoms with Crippen LogP contribution in [0.2, 0.25) is 0 Å². The van der Waals surface area contributed by atoms with Crippen LogP contribution >= 0.6 is 12.4 Å². The van der Waals surface area contributed by atoms with E-state index in [1.807, 2.05) is 0 Å². The standard InChI is InChI=1S/C12H14FN3O3.ClH/c13-11-6-9(16(18)19)3-4-10(11)12(17)15-5-1-2-8(14)7-15;/h3-4,6,8H,1-2,5,7,14H2;1H/t8-;/m1./s1. The van der Waals surface area contributed by atoms with Gasteiger partial charge in [-0.1, -0.05) is 0 Å². The highest BCUT2D eigenvalue weighted by Gasteiger charge is 2.25. The molecule has 1 amide bonds. The number of hydrogen-bond donors (Lipinski definition) is 1. The van der Waals surface area contributed by atoms with Crippen molar-refractivity contribution in [1.82, 2.24) is 4.90 Å². The highest BCUT2D eigenvalue weighted by molar-refractivity contribution is 5.94. The molecule has 20 heavy (non-hydrogen) atoms. The second-order valence-corrected chi connectivity index (χ2v) is 4.57. The van der Waals surface area contributed by atoms with Crippen molar-refractivity contribution in [1.29, 1.82) is 0 Å². The van der Waals surface area contributed by atoms with Gasteiger partial charge in [-0.05, 0) is 18.9 Å². The summed E-state index contributed by atoms with van der Waals surface area (Å²) >= 11 is 0. The zero-order chi connectivity index (χ0) is 14.0. The zero-order valence-electron chi connectivity index (χ0n) is 10.6. The molecular formula is C12H15ClFN3O3. The fourth-order valence-electron chi connectivity index (χ4n) is 2.16. The van der Waals surface area contributed by atoms with E-state index in [0.29, 0.717) is 13.1 Å². The second kappa shape index (κ2) is 6.62. The molecule has 8 heteroatoms. The van der Waals surface area contributed by atoms with Gasteiger partial charge in [0.1, 0.15) is 5.82 Å². The topological polar surface area (TPSA) is 89.5 Å². The summed E-state index contributed by atoms with van der Waals surface area (Å²) in [6, 6.07) is 2.94. The molecule has 0 radical (unpaired) electrons. The molecule has 0 aromatic heterocycles. The van der Waals surface area contributed by atoms with Crippen LogP contribution in [0.5, 0.6) is 0 Å². The molecule has 1 atom stereocenters. The third-order valence-corrected chi connectivity index (χ3v) is 3.14. The van der Waals surface area contributed by atoms with Crippen LogP contribution in [0.1, 0.15) is 23.2 Å². The molecular weight excluding hydrogens is 289 g/mol. The molecule has 110 valence electrons. The average Bonchev–Trinajstić information content (AvgIpc) is 2.37. The molecule has 1 fully saturated rings. The van der Waals surface area contributed by atoms with Gasteiger partial charge in [0, 0.05) is 25.2 Å². The number of nitro groups is 1. The summed E-state index contributed by atoms with van der Waals surface area (Å²) in [5.74, 6) is -1.35. The third-order valence-electron chi connectivity index (χ3n) is 3.14. The predicted octanol–water partition coefficient (Wildman–Crippen LogP) is 1.72. The largest absolute Gasteiger partial charge is 0.337 e. The van der Waals surface area contributed by atoms with Gasteiger partial charge in [-0.2, -0.15) is 0 Å². The molecule has 2 rings (SSSR count). The average molecular weight is 304 g/mol. The van der Waals surface area contributed by atoms with Crippen LogP contribution in [0.25, 0.3) is 0 Å². The minimum absolute atomic E-state index is 0. The maximum absolute atomic E-state index is 13.7. The summed E-state index contributed by atoms with van der Waals surface area (Å²) in [7, 11) is 0. The molecule has 0 bridgehead atoms. The number of piperidine rings is 1. The van der Waals surface area contributed by atoms with Gasteiger partial charge in [-0.15, -0.1) is 12.4 Å². The van der Waals surface area contributed by atoms with E-state index < -0.39 is 16.6 Å². The number of nitrogens with zero attached hydrogens (tertiary/aromatic N) is 2. The van der Waals surface area contributed by atoms with Gasteiger partial charge in [0.05, 0.1) is 16.6 Å². The molecule has 1 aliphatic rings. The van der Waals surface area contributed by atoms with Crippen molar-refractivity contribution in [3.8, 4) is 0 Å². The molecule has 0 saturated carbocycles. The fourth-order valence-corrected chi connectivity index (χ4v) is 2.16. The molecule has 1 heterocycles. The molecule has 1 aromatic rings. The summed E-state index contributed by atoms with van der Waals surface area (Å²) in [5, 5.41) is 10.5. The lowest BCUT2D eigenvalue weighted by atomic mass is 10.0. The molecule has 0 aliphatic carbocycles. The van der Waals surface area contributed by atoms with E-state index >= 15 is 0 Å². The quantitative estimate of drug-likeness (QED) is 0.665. The zero-order valence-corrected chi connectivity index (χ0v) is 11.4. The number of benzene rings is 1. The Morgan fingerprint density at radius 1 is 1.50 bits per heavy atom. The van der Waals surface area contributed by atoms with Crippen molar-refractivity contribution >= 4 is 24.0 Å². The first-order chi connectivity index (χ1) is 8.99. The number of nitrogens with two attached hydrogens (primary N) is 1. The van der Waals surface area contributed by atoms with Crippen LogP contribution in [0, 0.1) is 15.9 Å². The number of amides is 1. The van der Waals surface area contributed by atoms with Crippen LogP contribution in [0.4, 0.5) is 10.1 Å². The van der Waals surface area contributed by atoms with Crippen LogP contribution < -0.4 is 5.73 Å². The Hall–Kier alpha value is -1.73. The summed E-state index contributed by atoms with van der Waals surface area (Å²) in [6.45, 7) is 0.915. The Kier molecular flexibility index (Phi) is 5.41. The van der Waals surface area contributed by atoms with Gasteiger partial charge < -0.3 is 10.6 Å². The van der Waals surface area contributed by atoms with Gasteiger partial charge in [-0.25, -0.2) is 4.39 Å². The predicted molar refractivity (Wildman–Crippen MR) is 73.4 cm³/mol. The third kappa shape index (κ3) is 3.43. The Bertz CT molecular complexity index is 527. The minimum atomic E-state index is -0.877. The summed E-state index contributed by atoms with van der Waals surface area (Å²) in [6.07, 6.45) is 1.62. The monoisotopic (exact) mass is 303 g/mol. The van der Waals surface area contributed by atoms with Gasteiger partial charge in [-0.3, -0.25) is 14.9 Å². The number of hydrogen-bond acceptors (Lipinski definition) is 4. The van der Waals surface area contributed by atoms with Gasteiger partial charge in [0.2, 0.25) is 0 Å². The van der Waals surface area contributed by atoms with E-state index in [0.717, 1.165) is 31.0 Å². The molecule has 1 aromatic carbocycles. The van der Waals surface area contributed by atoms with Crippen molar-refractivity contribution in [2.75, 3.05) is 13.1 Å². The number of carbonyl (C=O) groups excluding carboxylic acids is 1. The Morgan fingerprint density at radius 2 is 2.20 bits per heavy atom. The van der Waals surface area contributed by atoms with Crippen molar-refractivity contribution in [3.63, 3.8) is 0 Å². The van der Waals surface area contributed by atoms with Gasteiger partial charge in [0.15, 0.2) is 0 Å². The van der Waals surface area contributed by atoms with Crippen LogP contribution in [-0.4, -0.2) is 34.9 Å². The Morgan fingerprint density at radius 3 is 2.75 bits per heavy atom. The van der Waals surface area contributed by atoms with E-state index in [2.05, 4.69) is 0 Å². The van der Waals surface area contributed by atoms with Crippen molar-refractivity contribution in [2.24, 2.45) is 5.73 Å². The first kappa shape index (κ1) is 16.3. The first-order valence-corrected chi connectivity index (χ1v) is 5.98. The van der Waals surface area contributed by atoms with Crippen LogP contribution in [-0.2, 0) is 0 Å². The number of halogens is 2. The molecule has 0 unspecified atom stereocenters. The van der Waals surface area contributed by atoms with Crippen LogP contribution in [0.15, 0.2) is 18.2 Å². The van der Waals surface area contributed by atoms with Crippen molar-refractivity contribution in [2.45, 2.75) is 18.9 Å². The highest BCUT2D eigenvalue weighted by Crippen LogP contribution is 2.19. The lowest BCUT2D eigenvalue weighted by Gasteiger charge is -2.30. The van der Waals surface area contributed by atoms with Crippen LogP contribution in [0.3, 0.4) is 0 Å². The highest BCUT2D eigenvalue weighted by atomic mass is 35.5. The second-order valence-electron chi connectivity index (χ2n) is 4.57. The van der Waals surface area contributed by atoms with E-state index in [9.17, 15) is 19.3 Å². The number of rotatable bonds is 2. The molecule has 6 nitrogen and oxygen atoms in total. The van der Waals surface area contributed by atoms with E-state index in [1.54, 1.807) is 0 Å². The maximum atomic E-state index is 13.7. The number of likely N-dealkylation sites (tertiary alicyclic amines) is 1. The SMILES string of the molecule is Cl.N[C@@H]1CCCN(C(=O)c2ccc([N+](=O)[O-])cc2F)C1. The normalized spacial score (nSPS) is 18.3.